The minimum Gasteiger partial charge on any atom is -0.396 e. The molecule has 16 heavy (non-hydrogen) atoms. The van der Waals surface area contributed by atoms with Crippen molar-refractivity contribution in [2.45, 2.75) is 59.8 Å². The molecular weight excluding hydrogens is 196 g/mol. The van der Waals surface area contributed by atoms with Gasteiger partial charge in [0.15, 0.2) is 0 Å². The second-order valence-corrected chi connectivity index (χ2v) is 7.24. The Morgan fingerprint density at radius 2 is 1.81 bits per heavy atom. The summed E-state index contributed by atoms with van der Waals surface area (Å²) in [4.78, 5) is 0. The van der Waals surface area contributed by atoms with Gasteiger partial charge in [-0.1, -0.05) is 40.5 Å². The first-order valence-electron chi connectivity index (χ1n) is 7.02. The Labute approximate surface area is 101 Å². The maximum Gasteiger partial charge on any atom is 0.0467 e. The van der Waals surface area contributed by atoms with Gasteiger partial charge in [0.1, 0.15) is 0 Å². The van der Waals surface area contributed by atoms with E-state index >= 15 is 0 Å². The molecule has 0 unspecified atom stereocenters. The van der Waals surface area contributed by atoms with Crippen molar-refractivity contribution in [3.63, 3.8) is 0 Å². The summed E-state index contributed by atoms with van der Waals surface area (Å²) in [6, 6.07) is 0. The number of aliphatic hydroxyl groups excluding tert-OH is 1. The number of hydrogen-bond acceptors (Lipinski definition) is 1. The molecule has 2 saturated carbocycles. The number of rotatable bonds is 1. The molecule has 0 bridgehead atoms. The maximum atomic E-state index is 9.74. The lowest BCUT2D eigenvalue weighted by atomic mass is 9.47. The molecule has 0 saturated heterocycles. The second kappa shape index (κ2) is 4.01. The van der Waals surface area contributed by atoms with E-state index < -0.39 is 0 Å². The van der Waals surface area contributed by atoms with Crippen molar-refractivity contribution in [3.05, 3.63) is 0 Å². The van der Waals surface area contributed by atoms with Gasteiger partial charge in [-0.3, -0.25) is 0 Å². The van der Waals surface area contributed by atoms with Gasteiger partial charge in [-0.05, 0) is 47.8 Å². The Morgan fingerprint density at radius 3 is 2.44 bits per heavy atom. The largest absolute Gasteiger partial charge is 0.396 e. The molecule has 4 atom stereocenters. The zero-order valence-corrected chi connectivity index (χ0v) is 11.4. The van der Waals surface area contributed by atoms with Crippen LogP contribution in [0.2, 0.25) is 0 Å². The van der Waals surface area contributed by atoms with Crippen LogP contribution in [-0.4, -0.2) is 11.7 Å². The fourth-order valence-electron chi connectivity index (χ4n) is 5.00. The van der Waals surface area contributed by atoms with Crippen molar-refractivity contribution in [1.29, 1.82) is 0 Å². The average molecular weight is 224 g/mol. The fraction of sp³-hybridized carbons (Fsp3) is 1.00. The van der Waals surface area contributed by atoms with Crippen LogP contribution in [0.5, 0.6) is 0 Å². The smallest absolute Gasteiger partial charge is 0.0467 e. The van der Waals surface area contributed by atoms with Crippen LogP contribution in [0.3, 0.4) is 0 Å². The molecule has 2 aliphatic rings. The number of fused-ring (bicyclic) bond motifs is 1. The summed E-state index contributed by atoms with van der Waals surface area (Å²) in [5, 5.41) is 9.74. The van der Waals surface area contributed by atoms with E-state index in [4.69, 9.17) is 0 Å². The number of aliphatic hydroxyl groups is 1. The SMILES string of the molecule is C[C@H]1CC[C@@H]2C(C)(C)CCC[C@]2(C)[C@H]1CO. The normalized spacial score (nSPS) is 47.4. The van der Waals surface area contributed by atoms with Crippen LogP contribution in [0, 0.1) is 28.6 Å². The topological polar surface area (TPSA) is 20.2 Å². The molecule has 0 heterocycles. The van der Waals surface area contributed by atoms with Gasteiger partial charge in [-0.15, -0.1) is 0 Å². The summed E-state index contributed by atoms with van der Waals surface area (Å²) in [5.41, 5.74) is 0.884. The van der Waals surface area contributed by atoms with E-state index in [2.05, 4.69) is 27.7 Å². The Balaban J connectivity index is 2.31. The van der Waals surface area contributed by atoms with E-state index in [0.717, 1.165) is 5.92 Å². The lowest BCUT2D eigenvalue weighted by Gasteiger charge is -2.58. The third-order valence-corrected chi connectivity index (χ3v) is 5.92. The highest BCUT2D eigenvalue weighted by Crippen LogP contribution is 2.60. The van der Waals surface area contributed by atoms with Crippen molar-refractivity contribution in [2.75, 3.05) is 6.61 Å². The van der Waals surface area contributed by atoms with Gasteiger partial charge in [0.25, 0.3) is 0 Å². The van der Waals surface area contributed by atoms with E-state index in [1.807, 2.05) is 0 Å². The summed E-state index contributed by atoms with van der Waals surface area (Å²) < 4.78 is 0. The molecule has 0 aromatic rings. The van der Waals surface area contributed by atoms with E-state index in [1.54, 1.807) is 0 Å². The molecule has 0 radical (unpaired) electrons. The molecule has 2 rings (SSSR count). The molecule has 0 spiro atoms. The molecule has 1 nitrogen and oxygen atoms in total. The van der Waals surface area contributed by atoms with Gasteiger partial charge in [0, 0.05) is 6.61 Å². The highest BCUT2D eigenvalue weighted by atomic mass is 16.3. The van der Waals surface area contributed by atoms with Gasteiger partial charge < -0.3 is 5.11 Å². The minimum absolute atomic E-state index is 0.393. The van der Waals surface area contributed by atoms with Gasteiger partial charge in [-0.25, -0.2) is 0 Å². The standard InChI is InChI=1S/C15H28O/c1-11-6-7-13-14(2,3)8-5-9-15(13,4)12(11)10-16/h11-13,16H,5-10H2,1-4H3/t11-,12-,13+,15+/m0/s1. The van der Waals surface area contributed by atoms with Crippen LogP contribution in [0.4, 0.5) is 0 Å². The Bertz CT molecular complexity index is 258. The number of hydrogen-bond donors (Lipinski definition) is 1. The van der Waals surface area contributed by atoms with Crippen LogP contribution in [0.25, 0.3) is 0 Å². The summed E-state index contributed by atoms with van der Waals surface area (Å²) in [5.74, 6) is 2.06. The van der Waals surface area contributed by atoms with Gasteiger partial charge in [0.2, 0.25) is 0 Å². The molecule has 0 amide bonds. The van der Waals surface area contributed by atoms with Crippen LogP contribution in [0.15, 0.2) is 0 Å². The van der Waals surface area contributed by atoms with Crippen LogP contribution >= 0.6 is 0 Å². The van der Waals surface area contributed by atoms with Crippen molar-refractivity contribution >= 4 is 0 Å². The monoisotopic (exact) mass is 224 g/mol. The van der Waals surface area contributed by atoms with Gasteiger partial charge in [-0.2, -0.15) is 0 Å². The summed E-state index contributed by atoms with van der Waals surface area (Å²) >= 11 is 0. The summed E-state index contributed by atoms with van der Waals surface area (Å²) in [7, 11) is 0. The van der Waals surface area contributed by atoms with E-state index in [-0.39, 0.29) is 0 Å². The molecule has 0 aromatic carbocycles. The highest BCUT2D eigenvalue weighted by Gasteiger charge is 2.53. The Hall–Kier alpha value is -0.0400. The molecule has 1 N–H and O–H groups in total. The van der Waals surface area contributed by atoms with Crippen molar-refractivity contribution in [3.8, 4) is 0 Å². The fourth-order valence-corrected chi connectivity index (χ4v) is 5.00. The average Bonchev–Trinajstić information content (AvgIpc) is 2.15. The first kappa shape index (κ1) is 12.4. The second-order valence-electron chi connectivity index (χ2n) is 7.24. The predicted octanol–water partition coefficient (Wildman–Crippen LogP) is 3.86. The molecule has 2 fully saturated rings. The molecule has 0 aromatic heterocycles. The molecule has 1 heteroatoms. The summed E-state index contributed by atoms with van der Waals surface area (Å²) in [6.45, 7) is 10.1. The van der Waals surface area contributed by atoms with E-state index in [0.29, 0.717) is 29.3 Å². The van der Waals surface area contributed by atoms with E-state index in [9.17, 15) is 5.11 Å². The Morgan fingerprint density at radius 1 is 1.12 bits per heavy atom. The summed E-state index contributed by atoms with van der Waals surface area (Å²) in [6.07, 6.45) is 6.75. The lowest BCUT2D eigenvalue weighted by Crippen LogP contribution is -2.52. The van der Waals surface area contributed by atoms with Crippen molar-refractivity contribution in [1.82, 2.24) is 0 Å². The van der Waals surface area contributed by atoms with Crippen LogP contribution in [-0.2, 0) is 0 Å². The molecular formula is C15H28O. The van der Waals surface area contributed by atoms with Crippen LogP contribution in [0.1, 0.15) is 59.8 Å². The third kappa shape index (κ3) is 1.72. The first-order valence-corrected chi connectivity index (χ1v) is 7.02. The quantitative estimate of drug-likeness (QED) is 0.717. The lowest BCUT2D eigenvalue weighted by molar-refractivity contribution is -0.108. The van der Waals surface area contributed by atoms with Crippen LogP contribution < -0.4 is 0 Å². The van der Waals surface area contributed by atoms with Crippen molar-refractivity contribution in [2.24, 2.45) is 28.6 Å². The molecule has 0 aliphatic heterocycles. The maximum absolute atomic E-state index is 9.74. The molecule has 94 valence electrons. The Kier molecular flexibility index (Phi) is 3.11. The van der Waals surface area contributed by atoms with Crippen molar-refractivity contribution < 1.29 is 5.11 Å². The van der Waals surface area contributed by atoms with Gasteiger partial charge in [0.05, 0.1) is 0 Å². The highest BCUT2D eigenvalue weighted by molar-refractivity contribution is 5.02. The van der Waals surface area contributed by atoms with E-state index in [1.165, 1.54) is 32.1 Å². The minimum atomic E-state index is 0.393. The zero-order chi connectivity index (χ0) is 12.0. The van der Waals surface area contributed by atoms with Gasteiger partial charge >= 0.3 is 0 Å². The first-order chi connectivity index (χ1) is 7.42. The third-order valence-electron chi connectivity index (χ3n) is 5.92. The predicted molar refractivity (Wildman–Crippen MR) is 68.2 cm³/mol. The zero-order valence-electron chi connectivity index (χ0n) is 11.4. The molecule has 2 aliphatic carbocycles.